The molecule has 1 atom stereocenters. The van der Waals surface area contributed by atoms with E-state index in [9.17, 15) is 4.79 Å². The van der Waals surface area contributed by atoms with Gasteiger partial charge in [0.2, 0.25) is 5.75 Å². The van der Waals surface area contributed by atoms with Gasteiger partial charge in [-0.2, -0.15) is 0 Å². The molecule has 29 heavy (non-hydrogen) atoms. The topological polar surface area (TPSA) is 72.9 Å². The normalized spacial score (nSPS) is 16.7. The number of aryl methyl sites for hydroxylation is 1. The molecule has 0 spiro atoms. The molecule has 158 valence electrons. The minimum Gasteiger partial charge on any atom is -0.493 e. The van der Waals surface area contributed by atoms with E-state index in [-0.39, 0.29) is 5.91 Å². The largest absolute Gasteiger partial charge is 0.493 e. The SMILES string of the molecule is CCN1CCC[C@H]1CNC(=O)c1nc(-c2cc(OC)c(OC)c(OC)c2)sc1C. The first-order chi connectivity index (χ1) is 14.0. The van der Waals surface area contributed by atoms with Crippen molar-refractivity contribution in [1.82, 2.24) is 15.2 Å². The smallest absolute Gasteiger partial charge is 0.271 e. The predicted molar refractivity (Wildman–Crippen MR) is 115 cm³/mol. The Morgan fingerprint density at radius 3 is 2.52 bits per heavy atom. The third-order valence-electron chi connectivity index (χ3n) is 5.33. The van der Waals surface area contributed by atoms with E-state index in [2.05, 4.69) is 22.1 Å². The number of carbonyl (C=O) groups excluding carboxylic acids is 1. The second-order valence-corrected chi connectivity index (χ2v) is 8.18. The van der Waals surface area contributed by atoms with E-state index in [1.165, 1.54) is 17.8 Å². The number of likely N-dealkylation sites (tertiary alicyclic amines) is 1. The molecule has 0 bridgehead atoms. The highest BCUT2D eigenvalue weighted by Gasteiger charge is 2.25. The van der Waals surface area contributed by atoms with Crippen molar-refractivity contribution in [3.05, 3.63) is 22.7 Å². The summed E-state index contributed by atoms with van der Waals surface area (Å²) in [6, 6.07) is 4.11. The molecule has 7 nitrogen and oxygen atoms in total. The number of amides is 1. The van der Waals surface area contributed by atoms with Gasteiger partial charge in [-0.1, -0.05) is 6.92 Å². The summed E-state index contributed by atoms with van der Waals surface area (Å²) < 4.78 is 16.2. The van der Waals surface area contributed by atoms with E-state index in [1.807, 2.05) is 19.1 Å². The zero-order valence-corrected chi connectivity index (χ0v) is 18.5. The lowest BCUT2D eigenvalue weighted by Gasteiger charge is -2.22. The van der Waals surface area contributed by atoms with Crippen molar-refractivity contribution < 1.29 is 19.0 Å². The lowest BCUT2D eigenvalue weighted by molar-refractivity contribution is 0.0936. The van der Waals surface area contributed by atoms with Crippen LogP contribution in [0.1, 0.15) is 35.1 Å². The highest BCUT2D eigenvalue weighted by molar-refractivity contribution is 7.15. The van der Waals surface area contributed by atoms with Gasteiger partial charge < -0.3 is 19.5 Å². The monoisotopic (exact) mass is 419 g/mol. The van der Waals surface area contributed by atoms with Gasteiger partial charge in [-0.25, -0.2) is 4.98 Å². The average Bonchev–Trinajstić information content (AvgIpc) is 3.36. The Morgan fingerprint density at radius 1 is 1.24 bits per heavy atom. The number of nitrogens with one attached hydrogen (secondary N) is 1. The lowest BCUT2D eigenvalue weighted by atomic mass is 10.2. The summed E-state index contributed by atoms with van der Waals surface area (Å²) in [4.78, 5) is 20.7. The molecule has 1 aliphatic rings. The first kappa shape index (κ1) is 21.4. The van der Waals surface area contributed by atoms with Crippen LogP contribution in [0.25, 0.3) is 10.6 Å². The van der Waals surface area contributed by atoms with Crippen molar-refractivity contribution in [3.63, 3.8) is 0 Å². The fraction of sp³-hybridized carbons (Fsp3) is 0.524. The summed E-state index contributed by atoms with van der Waals surface area (Å²) in [6.45, 7) is 6.86. The van der Waals surface area contributed by atoms with Crippen LogP contribution in [0.2, 0.25) is 0 Å². The van der Waals surface area contributed by atoms with Gasteiger partial charge in [-0.15, -0.1) is 11.3 Å². The van der Waals surface area contributed by atoms with Crippen molar-refractivity contribution in [3.8, 4) is 27.8 Å². The summed E-state index contributed by atoms with van der Waals surface area (Å²) in [6.07, 6.45) is 2.32. The number of hydrogen-bond donors (Lipinski definition) is 1. The molecular weight excluding hydrogens is 390 g/mol. The summed E-state index contributed by atoms with van der Waals surface area (Å²) in [5.41, 5.74) is 1.29. The molecule has 1 N–H and O–H groups in total. The molecule has 2 heterocycles. The number of carbonyl (C=O) groups is 1. The van der Waals surface area contributed by atoms with Crippen LogP contribution < -0.4 is 19.5 Å². The second-order valence-electron chi connectivity index (χ2n) is 6.97. The highest BCUT2D eigenvalue weighted by Crippen LogP contribution is 2.42. The third-order valence-corrected chi connectivity index (χ3v) is 6.35. The first-order valence-electron chi connectivity index (χ1n) is 9.82. The van der Waals surface area contributed by atoms with Crippen molar-refractivity contribution in [2.45, 2.75) is 32.7 Å². The molecule has 1 aliphatic heterocycles. The molecular formula is C21H29N3O4S. The maximum atomic E-state index is 12.8. The Labute approximate surface area is 176 Å². The Balaban J connectivity index is 1.80. The van der Waals surface area contributed by atoms with Gasteiger partial charge in [-0.05, 0) is 45.0 Å². The molecule has 0 radical (unpaired) electrons. The van der Waals surface area contributed by atoms with Gasteiger partial charge in [0, 0.05) is 23.0 Å². The number of hydrogen-bond acceptors (Lipinski definition) is 7. The van der Waals surface area contributed by atoms with Crippen LogP contribution in [-0.2, 0) is 0 Å². The molecule has 8 heteroatoms. The highest BCUT2D eigenvalue weighted by atomic mass is 32.1. The van der Waals surface area contributed by atoms with Crippen LogP contribution in [0.5, 0.6) is 17.2 Å². The number of benzene rings is 1. The van der Waals surface area contributed by atoms with Crippen molar-refractivity contribution in [2.75, 3.05) is 41.0 Å². The molecule has 0 unspecified atom stereocenters. The fourth-order valence-electron chi connectivity index (χ4n) is 3.77. The van der Waals surface area contributed by atoms with Crippen molar-refractivity contribution >= 4 is 17.2 Å². The summed E-state index contributed by atoms with van der Waals surface area (Å²) in [5.74, 6) is 1.52. The number of aromatic nitrogens is 1. The lowest BCUT2D eigenvalue weighted by Crippen LogP contribution is -2.40. The zero-order chi connectivity index (χ0) is 21.0. The Bertz CT molecular complexity index is 843. The number of likely N-dealkylation sites (N-methyl/N-ethyl adjacent to an activating group) is 1. The standard InChI is InChI=1S/C21H29N3O4S/c1-6-24-9-7-8-15(24)12-22-20(25)18-13(2)29-21(23-18)14-10-16(26-3)19(28-5)17(11-14)27-4/h10-11,15H,6-9,12H2,1-5H3,(H,22,25)/t15-/m0/s1. The van der Waals surface area contributed by atoms with E-state index in [0.29, 0.717) is 35.5 Å². The summed E-state index contributed by atoms with van der Waals surface area (Å²) in [7, 11) is 4.73. The number of ether oxygens (including phenoxy) is 3. The number of methoxy groups -OCH3 is 3. The van der Waals surface area contributed by atoms with Crippen LogP contribution in [-0.4, -0.2) is 62.8 Å². The minimum absolute atomic E-state index is 0.125. The molecule has 1 aromatic carbocycles. The predicted octanol–water partition coefficient (Wildman–Crippen LogP) is 3.36. The minimum atomic E-state index is -0.125. The molecule has 2 aromatic rings. The quantitative estimate of drug-likeness (QED) is 0.707. The molecule has 3 rings (SSSR count). The van der Waals surface area contributed by atoms with Crippen LogP contribution in [0, 0.1) is 6.92 Å². The van der Waals surface area contributed by atoms with Crippen molar-refractivity contribution in [1.29, 1.82) is 0 Å². The van der Waals surface area contributed by atoms with Gasteiger partial charge in [0.25, 0.3) is 5.91 Å². The van der Waals surface area contributed by atoms with Crippen LogP contribution in [0.4, 0.5) is 0 Å². The molecule has 1 saturated heterocycles. The van der Waals surface area contributed by atoms with Gasteiger partial charge >= 0.3 is 0 Å². The van der Waals surface area contributed by atoms with E-state index < -0.39 is 0 Å². The third kappa shape index (κ3) is 4.48. The summed E-state index contributed by atoms with van der Waals surface area (Å²) >= 11 is 1.48. The number of rotatable bonds is 8. The molecule has 1 fully saturated rings. The molecule has 1 amide bonds. The van der Waals surface area contributed by atoms with E-state index in [4.69, 9.17) is 14.2 Å². The molecule has 0 saturated carbocycles. The van der Waals surface area contributed by atoms with Crippen LogP contribution >= 0.6 is 11.3 Å². The first-order valence-corrected chi connectivity index (χ1v) is 10.6. The van der Waals surface area contributed by atoms with Gasteiger partial charge in [-0.3, -0.25) is 9.69 Å². The van der Waals surface area contributed by atoms with Gasteiger partial charge in [0.05, 0.1) is 21.3 Å². The van der Waals surface area contributed by atoms with E-state index in [0.717, 1.165) is 35.0 Å². The zero-order valence-electron chi connectivity index (χ0n) is 17.7. The Hall–Kier alpha value is -2.32. The molecule has 1 aromatic heterocycles. The maximum absolute atomic E-state index is 12.8. The van der Waals surface area contributed by atoms with Crippen LogP contribution in [0.15, 0.2) is 12.1 Å². The fourth-order valence-corrected chi connectivity index (χ4v) is 4.67. The van der Waals surface area contributed by atoms with Gasteiger partial charge in [0.1, 0.15) is 10.7 Å². The van der Waals surface area contributed by atoms with Crippen molar-refractivity contribution in [2.24, 2.45) is 0 Å². The Morgan fingerprint density at radius 2 is 1.93 bits per heavy atom. The molecule has 0 aliphatic carbocycles. The van der Waals surface area contributed by atoms with Gasteiger partial charge in [0.15, 0.2) is 11.5 Å². The maximum Gasteiger partial charge on any atom is 0.271 e. The summed E-state index contributed by atoms with van der Waals surface area (Å²) in [5, 5.41) is 3.81. The Kier molecular flexibility index (Phi) is 6.97. The van der Waals surface area contributed by atoms with Crippen LogP contribution in [0.3, 0.4) is 0 Å². The number of nitrogens with zero attached hydrogens (tertiary/aromatic N) is 2. The van der Waals surface area contributed by atoms with E-state index in [1.54, 1.807) is 21.3 Å². The van der Waals surface area contributed by atoms with E-state index >= 15 is 0 Å². The number of thiazole rings is 1. The average molecular weight is 420 g/mol. The second kappa shape index (κ2) is 9.45.